The van der Waals surface area contributed by atoms with Gasteiger partial charge in [-0.1, -0.05) is 25.3 Å². The van der Waals surface area contributed by atoms with Crippen molar-refractivity contribution in [2.45, 2.75) is 38.5 Å². The number of hydrogen-bond donors (Lipinski definition) is 3. The van der Waals surface area contributed by atoms with Crippen LogP contribution in [-0.2, 0) is 4.79 Å². The van der Waals surface area contributed by atoms with E-state index in [0.717, 1.165) is 78.9 Å². The molecular formula is C31H27FN6OS. The maximum Gasteiger partial charge on any atom is 0.224 e. The van der Waals surface area contributed by atoms with E-state index in [9.17, 15) is 9.18 Å². The predicted octanol–water partition coefficient (Wildman–Crippen LogP) is 7.94. The molecule has 0 saturated heterocycles. The van der Waals surface area contributed by atoms with Gasteiger partial charge in [-0.15, -0.1) is 11.3 Å². The molecule has 1 aliphatic rings. The van der Waals surface area contributed by atoms with E-state index in [1.807, 2.05) is 24.3 Å². The first-order chi connectivity index (χ1) is 19.6. The second-order valence-electron chi connectivity index (χ2n) is 10.5. The Labute approximate surface area is 233 Å². The molecule has 3 N–H and O–H groups in total. The largest absolute Gasteiger partial charge is 0.352 e. The SMILES string of the molecule is O=C(CC1CCCCC1)Nc1cncc(-c2ccc3[nH]nc(-c4cc5c(-c6ccc(F)s6)cncc5[nH]4)c3c2)c1. The number of carbonyl (C=O) groups excluding carboxylic acids is 1. The van der Waals surface area contributed by atoms with Crippen LogP contribution < -0.4 is 5.32 Å². The van der Waals surface area contributed by atoms with Crippen molar-refractivity contribution in [1.29, 1.82) is 0 Å². The van der Waals surface area contributed by atoms with Crippen molar-refractivity contribution >= 4 is 44.7 Å². The van der Waals surface area contributed by atoms with Gasteiger partial charge in [0.1, 0.15) is 5.69 Å². The summed E-state index contributed by atoms with van der Waals surface area (Å²) in [6.07, 6.45) is 13.6. The smallest absolute Gasteiger partial charge is 0.224 e. The Kier molecular flexibility index (Phi) is 6.36. The molecule has 7 nitrogen and oxygen atoms in total. The zero-order valence-corrected chi connectivity index (χ0v) is 22.5. The first-order valence-corrected chi connectivity index (χ1v) is 14.4. The molecule has 0 radical (unpaired) electrons. The van der Waals surface area contributed by atoms with Crippen molar-refractivity contribution in [3.05, 3.63) is 72.4 Å². The van der Waals surface area contributed by atoms with Gasteiger partial charge in [0.25, 0.3) is 0 Å². The molecule has 7 rings (SSSR count). The first kappa shape index (κ1) is 24.7. The molecule has 0 spiro atoms. The maximum atomic E-state index is 13.7. The van der Waals surface area contributed by atoms with Gasteiger partial charge >= 0.3 is 0 Å². The molecule has 9 heteroatoms. The van der Waals surface area contributed by atoms with E-state index in [4.69, 9.17) is 0 Å². The van der Waals surface area contributed by atoms with Crippen molar-refractivity contribution in [1.82, 2.24) is 25.1 Å². The lowest BCUT2D eigenvalue weighted by atomic mass is 9.87. The van der Waals surface area contributed by atoms with E-state index in [2.05, 4.69) is 36.5 Å². The molecule has 0 atom stereocenters. The van der Waals surface area contributed by atoms with E-state index in [0.29, 0.717) is 18.0 Å². The van der Waals surface area contributed by atoms with Crippen LogP contribution in [-0.4, -0.2) is 31.1 Å². The van der Waals surface area contributed by atoms with Gasteiger partial charge in [0.2, 0.25) is 5.91 Å². The molecule has 0 aliphatic heterocycles. The number of hydrogen-bond acceptors (Lipinski definition) is 5. The number of pyridine rings is 2. The Bertz CT molecular complexity index is 1850. The number of thiophene rings is 1. The van der Waals surface area contributed by atoms with Crippen molar-refractivity contribution in [3.8, 4) is 33.0 Å². The molecule has 5 heterocycles. The van der Waals surface area contributed by atoms with Crippen LogP contribution in [0.5, 0.6) is 0 Å². The highest BCUT2D eigenvalue weighted by Crippen LogP contribution is 2.37. The minimum absolute atomic E-state index is 0.0522. The number of aromatic amines is 2. The Balaban J connectivity index is 1.19. The van der Waals surface area contributed by atoms with Crippen molar-refractivity contribution < 1.29 is 9.18 Å². The van der Waals surface area contributed by atoms with Gasteiger partial charge < -0.3 is 10.3 Å². The molecule has 1 saturated carbocycles. The molecule has 0 bridgehead atoms. The normalized spacial score (nSPS) is 14.2. The summed E-state index contributed by atoms with van der Waals surface area (Å²) in [5.41, 5.74) is 6.84. The fourth-order valence-electron chi connectivity index (χ4n) is 5.76. The number of fused-ring (bicyclic) bond motifs is 2. The van der Waals surface area contributed by atoms with Crippen LogP contribution in [0.25, 0.3) is 54.8 Å². The fraction of sp³-hybridized carbons (Fsp3) is 0.226. The van der Waals surface area contributed by atoms with Gasteiger partial charge in [-0.25, -0.2) is 0 Å². The summed E-state index contributed by atoms with van der Waals surface area (Å²) in [5, 5.41) is 12.5. The summed E-state index contributed by atoms with van der Waals surface area (Å²) in [6.45, 7) is 0. The number of nitrogens with one attached hydrogen (secondary N) is 3. The van der Waals surface area contributed by atoms with Gasteiger partial charge in [0.05, 0.1) is 34.8 Å². The number of amides is 1. The lowest BCUT2D eigenvalue weighted by Crippen LogP contribution is -2.18. The Morgan fingerprint density at radius 3 is 2.65 bits per heavy atom. The summed E-state index contributed by atoms with van der Waals surface area (Å²) in [5.74, 6) is 0.533. The van der Waals surface area contributed by atoms with Crippen LogP contribution in [0.4, 0.5) is 10.1 Å². The van der Waals surface area contributed by atoms with Crippen LogP contribution in [0, 0.1) is 11.0 Å². The Morgan fingerprint density at radius 2 is 1.80 bits per heavy atom. The van der Waals surface area contributed by atoms with Crippen LogP contribution in [0.2, 0.25) is 0 Å². The first-order valence-electron chi connectivity index (χ1n) is 13.6. The van der Waals surface area contributed by atoms with Crippen molar-refractivity contribution in [2.24, 2.45) is 5.92 Å². The third kappa shape index (κ3) is 4.77. The Morgan fingerprint density at radius 1 is 0.925 bits per heavy atom. The lowest BCUT2D eigenvalue weighted by molar-refractivity contribution is -0.117. The highest BCUT2D eigenvalue weighted by molar-refractivity contribution is 7.14. The lowest BCUT2D eigenvalue weighted by Gasteiger charge is -2.20. The highest BCUT2D eigenvalue weighted by Gasteiger charge is 2.18. The van der Waals surface area contributed by atoms with Crippen LogP contribution >= 0.6 is 11.3 Å². The molecule has 6 aromatic rings. The van der Waals surface area contributed by atoms with Gasteiger partial charge in [0, 0.05) is 45.6 Å². The monoisotopic (exact) mass is 550 g/mol. The second-order valence-corrected chi connectivity index (χ2v) is 11.5. The van der Waals surface area contributed by atoms with Gasteiger partial charge in [-0.05, 0) is 60.7 Å². The maximum absolute atomic E-state index is 13.7. The minimum Gasteiger partial charge on any atom is -0.352 e. The number of rotatable bonds is 6. The topological polar surface area (TPSA) is 99.3 Å². The number of halogens is 1. The molecule has 200 valence electrons. The quantitative estimate of drug-likeness (QED) is 0.196. The van der Waals surface area contributed by atoms with Gasteiger partial charge in [-0.3, -0.25) is 19.9 Å². The summed E-state index contributed by atoms with van der Waals surface area (Å²) in [6, 6.07) is 13.4. The molecule has 1 fully saturated rings. The summed E-state index contributed by atoms with van der Waals surface area (Å²) < 4.78 is 13.7. The minimum atomic E-state index is -0.226. The number of nitrogens with zero attached hydrogens (tertiary/aromatic N) is 3. The van der Waals surface area contributed by atoms with Crippen LogP contribution in [0.3, 0.4) is 0 Å². The fourth-order valence-corrected chi connectivity index (χ4v) is 6.52. The van der Waals surface area contributed by atoms with Gasteiger partial charge in [-0.2, -0.15) is 9.49 Å². The summed E-state index contributed by atoms with van der Waals surface area (Å²) >= 11 is 1.10. The molecule has 40 heavy (non-hydrogen) atoms. The van der Waals surface area contributed by atoms with Crippen molar-refractivity contribution in [3.63, 3.8) is 0 Å². The Hall–Kier alpha value is -4.37. The number of carbonyl (C=O) groups is 1. The van der Waals surface area contributed by atoms with Crippen LogP contribution in [0.1, 0.15) is 38.5 Å². The second kappa shape index (κ2) is 10.3. The molecule has 1 amide bonds. The average molecular weight is 551 g/mol. The number of aromatic nitrogens is 5. The zero-order valence-electron chi connectivity index (χ0n) is 21.7. The van der Waals surface area contributed by atoms with E-state index in [1.165, 1.54) is 25.3 Å². The van der Waals surface area contributed by atoms with E-state index in [1.54, 1.807) is 30.9 Å². The molecule has 5 aromatic heterocycles. The zero-order chi connectivity index (χ0) is 27.1. The van der Waals surface area contributed by atoms with E-state index in [-0.39, 0.29) is 11.0 Å². The van der Waals surface area contributed by atoms with Crippen LogP contribution in [0.15, 0.2) is 67.3 Å². The summed E-state index contributed by atoms with van der Waals surface area (Å²) in [7, 11) is 0. The molecular weight excluding hydrogens is 523 g/mol. The van der Waals surface area contributed by atoms with E-state index < -0.39 is 0 Å². The van der Waals surface area contributed by atoms with E-state index >= 15 is 0 Å². The molecule has 1 aliphatic carbocycles. The number of anilines is 1. The average Bonchev–Trinajstić information content (AvgIpc) is 3.71. The third-order valence-corrected chi connectivity index (χ3v) is 8.66. The molecule has 1 aromatic carbocycles. The third-order valence-electron chi connectivity index (χ3n) is 7.76. The predicted molar refractivity (Wildman–Crippen MR) is 158 cm³/mol. The standard InChI is InChI=1S/C31H27FN6OS/c32-29-9-8-28(40-29)24-16-34-17-27-22(24)13-26(36-27)31-23-12-19(6-7-25(23)37-38-31)20-11-21(15-33-14-20)35-30(39)10-18-4-2-1-3-5-18/h6-9,11-18,36H,1-5,10H2,(H,35,39)(H,37,38). The highest BCUT2D eigenvalue weighted by atomic mass is 32.1. The number of benzene rings is 1. The molecule has 0 unspecified atom stereocenters. The van der Waals surface area contributed by atoms with Crippen molar-refractivity contribution in [2.75, 3.05) is 5.32 Å². The summed E-state index contributed by atoms with van der Waals surface area (Å²) in [4.78, 5) is 25.7. The van der Waals surface area contributed by atoms with Gasteiger partial charge in [0.15, 0.2) is 5.13 Å². The number of H-pyrrole nitrogens is 2.